The number of hydrogen-bond acceptors (Lipinski definition) is 3. The van der Waals surface area contributed by atoms with E-state index in [1.165, 1.54) is 0 Å². The third kappa shape index (κ3) is 4.28. The molecule has 1 aliphatic carbocycles. The summed E-state index contributed by atoms with van der Waals surface area (Å²) in [6.07, 6.45) is 2.21. The minimum absolute atomic E-state index is 0.0790. The van der Waals surface area contributed by atoms with Gasteiger partial charge in [-0.15, -0.1) is 0 Å². The summed E-state index contributed by atoms with van der Waals surface area (Å²) in [7, 11) is 0. The maximum absolute atomic E-state index is 12.7. The minimum atomic E-state index is -0.307. The predicted octanol–water partition coefficient (Wildman–Crippen LogP) is 2.80. The smallest absolute Gasteiger partial charge is 0.270 e. The third-order valence-electron chi connectivity index (χ3n) is 4.70. The first-order chi connectivity index (χ1) is 13.7. The molecule has 0 saturated heterocycles. The highest BCUT2D eigenvalue weighted by Crippen LogP contribution is 2.39. The van der Waals surface area contributed by atoms with Crippen molar-refractivity contribution in [2.24, 2.45) is 0 Å². The molecule has 3 aromatic rings. The fraction of sp³-hybridized carbons (Fsp3) is 0.227. The monoisotopic (exact) mass is 374 g/mol. The van der Waals surface area contributed by atoms with Crippen LogP contribution >= 0.6 is 0 Å². The maximum atomic E-state index is 12.7. The lowest BCUT2D eigenvalue weighted by Gasteiger charge is -2.09. The summed E-state index contributed by atoms with van der Waals surface area (Å²) in [6, 6.07) is 21.0. The van der Waals surface area contributed by atoms with Crippen LogP contribution in [0.5, 0.6) is 0 Å². The first-order valence-corrected chi connectivity index (χ1v) is 9.45. The van der Waals surface area contributed by atoms with E-state index in [0.29, 0.717) is 18.2 Å². The summed E-state index contributed by atoms with van der Waals surface area (Å²) in [4.78, 5) is 24.8. The van der Waals surface area contributed by atoms with Gasteiger partial charge in [0.2, 0.25) is 5.91 Å². The Labute approximate surface area is 163 Å². The van der Waals surface area contributed by atoms with Crippen LogP contribution in [0, 0.1) is 0 Å². The molecule has 0 bridgehead atoms. The SMILES string of the molecule is O=C(CNC(=O)c1cc(C2CC2)nn1-c1ccccc1)NCc1ccccc1. The molecule has 0 radical (unpaired) electrons. The zero-order chi connectivity index (χ0) is 19.3. The van der Waals surface area contributed by atoms with Gasteiger partial charge in [0, 0.05) is 12.5 Å². The van der Waals surface area contributed by atoms with Crippen LogP contribution in [0.4, 0.5) is 0 Å². The van der Waals surface area contributed by atoms with E-state index in [1.807, 2.05) is 66.7 Å². The van der Waals surface area contributed by atoms with Gasteiger partial charge in [-0.1, -0.05) is 48.5 Å². The van der Waals surface area contributed by atoms with Crippen LogP contribution in [-0.4, -0.2) is 28.1 Å². The number of benzene rings is 2. The Bertz CT molecular complexity index is 963. The average molecular weight is 374 g/mol. The number of carbonyl (C=O) groups is 2. The van der Waals surface area contributed by atoms with Crippen LogP contribution in [0.1, 0.15) is 40.5 Å². The maximum Gasteiger partial charge on any atom is 0.270 e. The molecule has 6 nitrogen and oxygen atoms in total. The number of para-hydroxylation sites is 1. The average Bonchev–Trinajstić information content (AvgIpc) is 3.50. The normalized spacial score (nSPS) is 13.1. The summed E-state index contributed by atoms with van der Waals surface area (Å²) in [6.45, 7) is 0.355. The standard InChI is InChI=1S/C22H22N4O2/c27-21(23-14-16-7-3-1-4-8-16)15-24-22(28)20-13-19(17-11-12-17)25-26(20)18-9-5-2-6-10-18/h1-10,13,17H,11-12,14-15H2,(H,23,27)(H,24,28). The van der Waals surface area contributed by atoms with E-state index in [2.05, 4.69) is 15.7 Å². The lowest BCUT2D eigenvalue weighted by atomic mass is 10.2. The number of aromatic nitrogens is 2. The first kappa shape index (κ1) is 18.0. The van der Waals surface area contributed by atoms with Crippen molar-refractivity contribution >= 4 is 11.8 Å². The summed E-state index contributed by atoms with van der Waals surface area (Å²) in [5.41, 5.74) is 3.22. The van der Waals surface area contributed by atoms with Gasteiger partial charge in [-0.05, 0) is 36.6 Å². The van der Waals surface area contributed by atoms with E-state index in [4.69, 9.17) is 0 Å². The van der Waals surface area contributed by atoms with Gasteiger partial charge in [-0.3, -0.25) is 9.59 Å². The van der Waals surface area contributed by atoms with Crippen molar-refractivity contribution in [1.82, 2.24) is 20.4 Å². The second kappa shape index (κ2) is 8.08. The lowest BCUT2D eigenvalue weighted by Crippen LogP contribution is -2.37. The molecule has 1 aliphatic rings. The number of rotatable bonds is 7. The van der Waals surface area contributed by atoms with Crippen LogP contribution < -0.4 is 10.6 Å². The fourth-order valence-electron chi connectivity index (χ4n) is 3.02. The van der Waals surface area contributed by atoms with Gasteiger partial charge in [0.25, 0.3) is 5.91 Å². The molecular formula is C22H22N4O2. The van der Waals surface area contributed by atoms with Gasteiger partial charge in [0.15, 0.2) is 0 Å². The van der Waals surface area contributed by atoms with E-state index in [-0.39, 0.29) is 18.4 Å². The minimum Gasteiger partial charge on any atom is -0.350 e. The molecule has 1 saturated carbocycles. The van der Waals surface area contributed by atoms with Gasteiger partial charge in [-0.25, -0.2) is 4.68 Å². The number of nitrogens with one attached hydrogen (secondary N) is 2. The zero-order valence-corrected chi connectivity index (χ0v) is 15.5. The Morgan fingerprint density at radius 1 is 0.964 bits per heavy atom. The van der Waals surface area contributed by atoms with Gasteiger partial charge in [0.1, 0.15) is 5.69 Å². The Balaban J connectivity index is 1.41. The fourth-order valence-corrected chi connectivity index (χ4v) is 3.02. The molecular weight excluding hydrogens is 352 g/mol. The Kier molecular flexibility index (Phi) is 5.19. The molecule has 28 heavy (non-hydrogen) atoms. The van der Waals surface area contributed by atoms with Crippen molar-refractivity contribution in [3.63, 3.8) is 0 Å². The molecule has 6 heteroatoms. The second-order valence-corrected chi connectivity index (χ2v) is 6.92. The Hall–Kier alpha value is -3.41. The van der Waals surface area contributed by atoms with E-state index < -0.39 is 0 Å². The van der Waals surface area contributed by atoms with E-state index >= 15 is 0 Å². The van der Waals surface area contributed by atoms with Crippen molar-refractivity contribution in [2.45, 2.75) is 25.3 Å². The Morgan fingerprint density at radius 3 is 2.32 bits per heavy atom. The topological polar surface area (TPSA) is 76.0 Å². The van der Waals surface area contributed by atoms with Crippen LogP contribution in [0.2, 0.25) is 0 Å². The summed E-state index contributed by atoms with van der Waals surface area (Å²) >= 11 is 0. The molecule has 0 aliphatic heterocycles. The second-order valence-electron chi connectivity index (χ2n) is 6.92. The molecule has 142 valence electrons. The van der Waals surface area contributed by atoms with E-state index in [0.717, 1.165) is 29.8 Å². The van der Waals surface area contributed by atoms with Gasteiger partial charge in [-0.2, -0.15) is 5.10 Å². The van der Waals surface area contributed by atoms with Crippen LogP contribution in [-0.2, 0) is 11.3 Å². The lowest BCUT2D eigenvalue weighted by molar-refractivity contribution is -0.120. The van der Waals surface area contributed by atoms with Crippen molar-refractivity contribution < 1.29 is 9.59 Å². The molecule has 0 unspecified atom stereocenters. The van der Waals surface area contributed by atoms with Gasteiger partial charge < -0.3 is 10.6 Å². The third-order valence-corrected chi connectivity index (χ3v) is 4.70. The molecule has 2 N–H and O–H groups in total. The summed E-state index contributed by atoms with van der Waals surface area (Å²) in [5, 5.41) is 10.1. The van der Waals surface area contributed by atoms with Crippen LogP contribution in [0.25, 0.3) is 5.69 Å². The van der Waals surface area contributed by atoms with Crippen molar-refractivity contribution in [3.05, 3.63) is 83.7 Å². The van der Waals surface area contributed by atoms with E-state index in [9.17, 15) is 9.59 Å². The largest absolute Gasteiger partial charge is 0.350 e. The number of amides is 2. The molecule has 4 rings (SSSR count). The molecule has 1 aromatic heterocycles. The first-order valence-electron chi connectivity index (χ1n) is 9.45. The summed E-state index contributed by atoms with van der Waals surface area (Å²) < 4.78 is 1.66. The molecule has 1 fully saturated rings. The highest BCUT2D eigenvalue weighted by molar-refractivity contribution is 5.95. The van der Waals surface area contributed by atoms with Crippen molar-refractivity contribution in [3.8, 4) is 5.69 Å². The number of carbonyl (C=O) groups excluding carboxylic acids is 2. The molecule has 1 heterocycles. The van der Waals surface area contributed by atoms with Crippen molar-refractivity contribution in [2.75, 3.05) is 6.54 Å². The molecule has 0 spiro atoms. The highest BCUT2D eigenvalue weighted by Gasteiger charge is 2.29. The van der Waals surface area contributed by atoms with Crippen molar-refractivity contribution in [1.29, 1.82) is 0 Å². The van der Waals surface area contributed by atoms with E-state index in [1.54, 1.807) is 4.68 Å². The predicted molar refractivity (Wildman–Crippen MR) is 106 cm³/mol. The summed E-state index contributed by atoms with van der Waals surface area (Å²) in [5.74, 6) is -0.103. The zero-order valence-electron chi connectivity index (χ0n) is 15.5. The van der Waals surface area contributed by atoms with Crippen LogP contribution in [0.3, 0.4) is 0 Å². The number of nitrogens with zero attached hydrogens (tertiary/aromatic N) is 2. The van der Waals surface area contributed by atoms with Gasteiger partial charge >= 0.3 is 0 Å². The highest BCUT2D eigenvalue weighted by atomic mass is 16.2. The molecule has 2 amide bonds. The molecule has 0 atom stereocenters. The molecule has 2 aromatic carbocycles. The Morgan fingerprint density at radius 2 is 1.64 bits per heavy atom. The van der Waals surface area contributed by atoms with Gasteiger partial charge in [0.05, 0.1) is 17.9 Å². The quantitative estimate of drug-likeness (QED) is 0.668. The number of hydrogen-bond donors (Lipinski definition) is 2. The van der Waals surface area contributed by atoms with Crippen LogP contribution in [0.15, 0.2) is 66.7 Å².